The Morgan fingerprint density at radius 2 is 2.10 bits per heavy atom. The number of nitrogens with one attached hydrogen (secondary N) is 1. The van der Waals surface area contributed by atoms with Crippen LogP contribution < -0.4 is 11.1 Å². The first-order valence-corrected chi connectivity index (χ1v) is 9.86. The number of aromatic nitrogens is 4. The van der Waals surface area contributed by atoms with E-state index < -0.39 is 12.0 Å². The van der Waals surface area contributed by atoms with E-state index in [1.54, 1.807) is 25.3 Å². The van der Waals surface area contributed by atoms with Crippen LogP contribution in [0.4, 0.5) is 16.0 Å². The number of fused-ring (bicyclic) bond motifs is 1. The molecule has 1 unspecified atom stereocenters. The van der Waals surface area contributed by atoms with Crippen molar-refractivity contribution in [2.24, 2.45) is 7.05 Å². The second-order valence-corrected chi connectivity index (χ2v) is 7.62. The number of nitrogen functional groups attached to an aromatic ring is 1. The molecule has 0 saturated carbocycles. The van der Waals surface area contributed by atoms with Crippen molar-refractivity contribution < 1.29 is 14.3 Å². The quantitative estimate of drug-likeness (QED) is 0.594. The van der Waals surface area contributed by atoms with Gasteiger partial charge in [0.2, 0.25) is 0 Å². The van der Waals surface area contributed by atoms with Gasteiger partial charge in [-0.05, 0) is 43.5 Å². The lowest BCUT2D eigenvalue weighted by Crippen LogP contribution is -2.29. The molecule has 8 nitrogen and oxygen atoms in total. The topological polar surface area (TPSA) is 119 Å². The predicted molar refractivity (Wildman–Crippen MR) is 117 cm³/mol. The Labute approximate surface area is 178 Å². The Hall–Kier alpha value is -3.59. The molecule has 1 aliphatic rings. The number of nitrogens with two attached hydrogens (primary N) is 1. The van der Waals surface area contributed by atoms with E-state index in [4.69, 9.17) is 5.73 Å². The first-order valence-electron chi connectivity index (χ1n) is 9.86. The highest BCUT2D eigenvalue weighted by atomic mass is 19.1. The summed E-state index contributed by atoms with van der Waals surface area (Å²) < 4.78 is 15.3. The van der Waals surface area contributed by atoms with Gasteiger partial charge in [-0.3, -0.25) is 4.79 Å². The lowest BCUT2D eigenvalue weighted by Gasteiger charge is -2.15. The summed E-state index contributed by atoms with van der Waals surface area (Å²) in [6.07, 6.45) is 5.66. The molecular formula is C22H23FN6O2. The number of hydrogen-bond acceptors (Lipinski definition) is 6. The molecule has 0 fully saturated rings. The second kappa shape index (κ2) is 7.92. The number of nitrogens with zero attached hydrogens (tertiary/aromatic N) is 4. The van der Waals surface area contributed by atoms with Crippen molar-refractivity contribution in [1.82, 2.24) is 19.5 Å². The molecule has 0 aromatic carbocycles. The van der Waals surface area contributed by atoms with Gasteiger partial charge in [0.1, 0.15) is 28.9 Å². The molecule has 160 valence electrons. The molecule has 9 heteroatoms. The van der Waals surface area contributed by atoms with Gasteiger partial charge in [0.15, 0.2) is 6.10 Å². The van der Waals surface area contributed by atoms with Crippen molar-refractivity contribution in [3.05, 3.63) is 53.4 Å². The third-order valence-corrected chi connectivity index (χ3v) is 5.26. The van der Waals surface area contributed by atoms with Gasteiger partial charge in [0, 0.05) is 37.0 Å². The van der Waals surface area contributed by atoms with Gasteiger partial charge in [0.05, 0.1) is 5.39 Å². The molecule has 1 atom stereocenters. The largest absolute Gasteiger partial charge is 0.383 e. The molecule has 0 aliphatic heterocycles. The van der Waals surface area contributed by atoms with E-state index >= 15 is 0 Å². The number of rotatable bonds is 4. The molecule has 1 amide bonds. The van der Waals surface area contributed by atoms with Crippen LogP contribution in [0.25, 0.3) is 22.2 Å². The normalized spacial score (nSPS) is 14.9. The number of carbonyl (C=O) groups is 1. The Morgan fingerprint density at radius 1 is 1.32 bits per heavy atom. The van der Waals surface area contributed by atoms with Crippen LogP contribution >= 0.6 is 0 Å². The minimum absolute atomic E-state index is 0.246. The highest BCUT2D eigenvalue weighted by Gasteiger charge is 2.22. The summed E-state index contributed by atoms with van der Waals surface area (Å²) in [6, 6.07) is 1.70. The van der Waals surface area contributed by atoms with E-state index in [0.717, 1.165) is 27.7 Å². The average Bonchev–Trinajstić information content (AvgIpc) is 3.04. The maximum Gasteiger partial charge on any atom is 0.258 e. The molecule has 0 spiro atoms. The number of amides is 1. The van der Waals surface area contributed by atoms with E-state index in [1.165, 1.54) is 6.08 Å². The number of anilines is 2. The van der Waals surface area contributed by atoms with Gasteiger partial charge in [-0.2, -0.15) is 0 Å². The lowest BCUT2D eigenvalue weighted by molar-refractivity contribution is -0.122. The molecular weight excluding hydrogens is 399 g/mol. The summed E-state index contributed by atoms with van der Waals surface area (Å²) in [6.45, 7) is 3.67. The summed E-state index contributed by atoms with van der Waals surface area (Å²) in [5.74, 6) is 0.240. The number of hydrogen-bond donors (Lipinski definition) is 3. The number of aryl methyl sites for hydroxylation is 3. The summed E-state index contributed by atoms with van der Waals surface area (Å²) >= 11 is 0. The molecule has 3 aromatic rings. The minimum Gasteiger partial charge on any atom is -0.383 e. The maximum absolute atomic E-state index is 13.5. The predicted octanol–water partition coefficient (Wildman–Crippen LogP) is 3.10. The Morgan fingerprint density at radius 3 is 2.81 bits per heavy atom. The van der Waals surface area contributed by atoms with Crippen LogP contribution in [0.5, 0.6) is 0 Å². The average molecular weight is 422 g/mol. The SMILES string of the molecule is Cc1nc(N)c2c(-c3cnc(NC(=O)C(O)C4=CCCC(F)=C4)cc3C)cn(C)c2n1. The molecule has 4 rings (SSSR count). The number of aliphatic hydroxyl groups is 1. The van der Waals surface area contributed by atoms with Crippen LogP contribution in [0.3, 0.4) is 0 Å². The number of allylic oxidation sites excluding steroid dienone is 2. The molecule has 3 heterocycles. The van der Waals surface area contributed by atoms with Gasteiger partial charge in [0.25, 0.3) is 5.91 Å². The van der Waals surface area contributed by atoms with Crippen LogP contribution in [0.15, 0.2) is 42.0 Å². The minimum atomic E-state index is -1.47. The highest BCUT2D eigenvalue weighted by molar-refractivity contribution is 6.01. The third kappa shape index (κ3) is 3.91. The van der Waals surface area contributed by atoms with Gasteiger partial charge in [-0.15, -0.1) is 0 Å². The van der Waals surface area contributed by atoms with Crippen molar-refractivity contribution in [3.8, 4) is 11.1 Å². The van der Waals surface area contributed by atoms with Crippen LogP contribution in [0.2, 0.25) is 0 Å². The van der Waals surface area contributed by atoms with Gasteiger partial charge in [-0.25, -0.2) is 19.3 Å². The van der Waals surface area contributed by atoms with Crippen molar-refractivity contribution in [1.29, 1.82) is 0 Å². The fraction of sp³-hybridized carbons (Fsp3) is 0.273. The molecule has 4 N–H and O–H groups in total. The monoisotopic (exact) mass is 422 g/mol. The summed E-state index contributed by atoms with van der Waals surface area (Å²) in [5.41, 5.74) is 9.64. The molecule has 31 heavy (non-hydrogen) atoms. The summed E-state index contributed by atoms with van der Waals surface area (Å²) in [5, 5.41) is 13.6. The van der Waals surface area contributed by atoms with Gasteiger partial charge in [-0.1, -0.05) is 6.08 Å². The zero-order valence-electron chi connectivity index (χ0n) is 17.5. The Balaban J connectivity index is 1.62. The molecule has 3 aromatic heterocycles. The van der Waals surface area contributed by atoms with Crippen molar-refractivity contribution >= 4 is 28.6 Å². The molecule has 0 radical (unpaired) electrons. The van der Waals surface area contributed by atoms with Crippen LogP contribution in [0.1, 0.15) is 24.2 Å². The van der Waals surface area contributed by atoms with E-state index in [1.807, 2.05) is 24.7 Å². The Kier molecular flexibility index (Phi) is 5.28. The van der Waals surface area contributed by atoms with Gasteiger partial charge >= 0.3 is 0 Å². The van der Waals surface area contributed by atoms with Crippen LogP contribution in [-0.4, -0.2) is 36.6 Å². The first-order chi connectivity index (χ1) is 14.7. The van der Waals surface area contributed by atoms with E-state index in [-0.39, 0.29) is 23.6 Å². The van der Waals surface area contributed by atoms with E-state index in [0.29, 0.717) is 18.1 Å². The van der Waals surface area contributed by atoms with Crippen molar-refractivity contribution in [2.45, 2.75) is 32.8 Å². The third-order valence-electron chi connectivity index (χ3n) is 5.26. The zero-order valence-corrected chi connectivity index (χ0v) is 17.5. The number of aliphatic hydroxyl groups excluding tert-OH is 1. The maximum atomic E-state index is 13.5. The van der Waals surface area contributed by atoms with Crippen molar-refractivity contribution in [2.75, 3.05) is 11.1 Å². The van der Waals surface area contributed by atoms with Crippen LogP contribution in [0, 0.1) is 13.8 Å². The lowest BCUT2D eigenvalue weighted by atomic mass is 10.0. The zero-order chi connectivity index (χ0) is 22.3. The standard InChI is InChI=1S/C22H23FN6O2/c1-11-7-17(28-22(31)19(30)13-5-4-6-14(23)8-13)25-9-15(11)16-10-29(3)21-18(16)20(24)26-12(2)27-21/h5,7-10,19,30H,4,6H2,1-3H3,(H2,24,26,27)(H,25,28,31). The smallest absolute Gasteiger partial charge is 0.258 e. The Bertz CT molecular complexity index is 1260. The molecule has 0 saturated heterocycles. The summed E-state index contributed by atoms with van der Waals surface area (Å²) in [4.78, 5) is 25.5. The number of halogens is 1. The first kappa shape index (κ1) is 20.7. The number of carbonyl (C=O) groups excluding carboxylic acids is 1. The van der Waals surface area contributed by atoms with Crippen LogP contribution in [-0.2, 0) is 11.8 Å². The van der Waals surface area contributed by atoms with Crippen molar-refractivity contribution in [3.63, 3.8) is 0 Å². The van der Waals surface area contributed by atoms with E-state index in [2.05, 4.69) is 20.3 Å². The van der Waals surface area contributed by atoms with Gasteiger partial charge < -0.3 is 20.7 Å². The number of pyridine rings is 1. The highest BCUT2D eigenvalue weighted by Crippen LogP contribution is 2.34. The fourth-order valence-electron chi connectivity index (χ4n) is 3.75. The molecule has 0 bridgehead atoms. The van der Waals surface area contributed by atoms with E-state index in [9.17, 15) is 14.3 Å². The second-order valence-electron chi connectivity index (χ2n) is 7.62. The molecule has 1 aliphatic carbocycles. The summed E-state index contributed by atoms with van der Waals surface area (Å²) in [7, 11) is 1.88. The fourth-order valence-corrected chi connectivity index (χ4v) is 3.75.